The SMILES string of the molecule is CC(C)c1ccc(OCC(=O)NNC(=S)NC(=O)/C=C/c2ccccc2Cl)cc1. The second-order valence-corrected chi connectivity index (χ2v) is 7.17. The van der Waals surface area contributed by atoms with E-state index in [1.54, 1.807) is 24.3 Å². The van der Waals surface area contributed by atoms with Gasteiger partial charge in [0.15, 0.2) is 11.7 Å². The zero-order valence-electron chi connectivity index (χ0n) is 16.1. The summed E-state index contributed by atoms with van der Waals surface area (Å²) in [5.74, 6) is 0.108. The zero-order valence-corrected chi connectivity index (χ0v) is 17.6. The molecule has 0 aliphatic carbocycles. The Morgan fingerprint density at radius 1 is 1.10 bits per heavy atom. The molecule has 2 aromatic rings. The van der Waals surface area contributed by atoms with Gasteiger partial charge < -0.3 is 4.74 Å². The molecule has 0 heterocycles. The summed E-state index contributed by atoms with van der Waals surface area (Å²) in [6, 6.07) is 14.6. The normalized spacial score (nSPS) is 10.6. The van der Waals surface area contributed by atoms with Crippen molar-refractivity contribution in [2.45, 2.75) is 19.8 Å². The van der Waals surface area contributed by atoms with Crippen molar-refractivity contribution < 1.29 is 14.3 Å². The summed E-state index contributed by atoms with van der Waals surface area (Å²) < 4.78 is 5.41. The van der Waals surface area contributed by atoms with E-state index in [0.29, 0.717) is 22.3 Å². The number of carbonyl (C=O) groups excluding carboxylic acids is 2. The third-order valence-corrected chi connectivity index (χ3v) is 4.34. The van der Waals surface area contributed by atoms with Gasteiger partial charge >= 0.3 is 0 Å². The number of ether oxygens (including phenoxy) is 1. The Kier molecular flexibility index (Phi) is 8.64. The van der Waals surface area contributed by atoms with Crippen molar-refractivity contribution in [1.82, 2.24) is 16.2 Å². The maximum Gasteiger partial charge on any atom is 0.276 e. The van der Waals surface area contributed by atoms with Crippen molar-refractivity contribution >= 4 is 46.8 Å². The Balaban J connectivity index is 1.70. The molecule has 0 aliphatic heterocycles. The standard InChI is InChI=1S/C21H22ClN3O3S/c1-14(2)15-7-10-17(11-8-15)28-13-20(27)24-25-21(29)23-19(26)12-9-16-5-3-4-6-18(16)22/h3-12,14H,13H2,1-2H3,(H,24,27)(H2,23,25,26,29)/b12-9+. The van der Waals surface area contributed by atoms with Gasteiger partial charge in [-0.05, 0) is 53.5 Å². The number of amides is 2. The lowest BCUT2D eigenvalue weighted by molar-refractivity contribution is -0.123. The molecule has 8 heteroatoms. The monoisotopic (exact) mass is 431 g/mol. The molecule has 0 radical (unpaired) electrons. The smallest absolute Gasteiger partial charge is 0.276 e. The minimum Gasteiger partial charge on any atom is -0.484 e. The van der Waals surface area contributed by atoms with E-state index in [0.717, 1.165) is 0 Å². The van der Waals surface area contributed by atoms with Gasteiger partial charge in [-0.2, -0.15) is 0 Å². The average Bonchev–Trinajstić information content (AvgIpc) is 2.70. The Labute approximate surface area is 180 Å². The van der Waals surface area contributed by atoms with E-state index in [2.05, 4.69) is 30.0 Å². The van der Waals surface area contributed by atoms with Crippen LogP contribution in [0.4, 0.5) is 0 Å². The third kappa shape index (κ3) is 7.93. The first-order valence-corrected chi connectivity index (χ1v) is 9.69. The van der Waals surface area contributed by atoms with Gasteiger partial charge in [0.25, 0.3) is 5.91 Å². The highest BCUT2D eigenvalue weighted by molar-refractivity contribution is 7.80. The lowest BCUT2D eigenvalue weighted by atomic mass is 10.0. The fourth-order valence-corrected chi connectivity index (χ4v) is 2.57. The molecule has 0 spiro atoms. The van der Waals surface area contributed by atoms with E-state index in [-0.39, 0.29) is 11.7 Å². The fourth-order valence-electron chi connectivity index (χ4n) is 2.22. The van der Waals surface area contributed by atoms with Crippen LogP contribution < -0.4 is 20.9 Å². The van der Waals surface area contributed by atoms with E-state index in [1.165, 1.54) is 11.6 Å². The largest absolute Gasteiger partial charge is 0.484 e. The predicted octanol–water partition coefficient (Wildman–Crippen LogP) is 3.58. The summed E-state index contributed by atoms with van der Waals surface area (Å²) in [6.07, 6.45) is 2.86. The van der Waals surface area contributed by atoms with Gasteiger partial charge in [-0.15, -0.1) is 0 Å². The van der Waals surface area contributed by atoms with Crippen LogP contribution in [0.25, 0.3) is 6.08 Å². The van der Waals surface area contributed by atoms with Crippen molar-refractivity contribution in [2.75, 3.05) is 6.61 Å². The Hall–Kier alpha value is -2.90. The van der Waals surface area contributed by atoms with E-state index in [4.69, 9.17) is 28.6 Å². The van der Waals surface area contributed by atoms with Gasteiger partial charge in [-0.1, -0.05) is 55.8 Å². The second kappa shape index (κ2) is 11.2. The summed E-state index contributed by atoms with van der Waals surface area (Å²) in [6.45, 7) is 4.00. The van der Waals surface area contributed by atoms with Crippen molar-refractivity contribution in [3.05, 3.63) is 70.8 Å². The molecule has 0 aliphatic rings. The molecule has 0 saturated heterocycles. The maximum absolute atomic E-state index is 11.9. The molecule has 0 atom stereocenters. The first-order chi connectivity index (χ1) is 13.8. The molecule has 2 amide bonds. The molecule has 0 aromatic heterocycles. The molecule has 2 rings (SSSR count). The van der Waals surface area contributed by atoms with Crippen LogP contribution in [-0.2, 0) is 9.59 Å². The Morgan fingerprint density at radius 2 is 1.79 bits per heavy atom. The van der Waals surface area contributed by atoms with E-state index < -0.39 is 11.8 Å². The number of benzene rings is 2. The van der Waals surface area contributed by atoms with Gasteiger partial charge in [0.05, 0.1) is 0 Å². The van der Waals surface area contributed by atoms with Gasteiger partial charge in [0.1, 0.15) is 5.75 Å². The van der Waals surface area contributed by atoms with E-state index in [1.807, 2.05) is 30.3 Å². The molecule has 0 bridgehead atoms. The lowest BCUT2D eigenvalue weighted by Crippen LogP contribution is -2.49. The van der Waals surface area contributed by atoms with Gasteiger partial charge in [-0.3, -0.25) is 25.8 Å². The van der Waals surface area contributed by atoms with Crippen LogP contribution >= 0.6 is 23.8 Å². The van der Waals surface area contributed by atoms with Crippen molar-refractivity contribution in [3.63, 3.8) is 0 Å². The van der Waals surface area contributed by atoms with Crippen LogP contribution in [0, 0.1) is 0 Å². The molecule has 152 valence electrons. The number of hydrogen-bond acceptors (Lipinski definition) is 4. The summed E-state index contributed by atoms with van der Waals surface area (Å²) >= 11 is 11.0. The van der Waals surface area contributed by atoms with Gasteiger partial charge in [0.2, 0.25) is 5.91 Å². The summed E-state index contributed by atoms with van der Waals surface area (Å²) in [5.41, 5.74) is 6.69. The summed E-state index contributed by atoms with van der Waals surface area (Å²) in [4.78, 5) is 23.7. The number of thiocarbonyl (C=S) groups is 1. The fraction of sp³-hybridized carbons (Fsp3) is 0.190. The number of carbonyl (C=O) groups is 2. The topological polar surface area (TPSA) is 79.5 Å². The predicted molar refractivity (Wildman–Crippen MR) is 119 cm³/mol. The third-order valence-electron chi connectivity index (χ3n) is 3.79. The molecule has 2 aromatic carbocycles. The van der Waals surface area contributed by atoms with Crippen molar-refractivity contribution in [3.8, 4) is 5.75 Å². The minimum absolute atomic E-state index is 0.0477. The Morgan fingerprint density at radius 3 is 2.45 bits per heavy atom. The first-order valence-electron chi connectivity index (χ1n) is 8.90. The van der Waals surface area contributed by atoms with E-state index in [9.17, 15) is 9.59 Å². The quantitative estimate of drug-likeness (QED) is 0.370. The molecule has 6 nitrogen and oxygen atoms in total. The second-order valence-electron chi connectivity index (χ2n) is 6.36. The van der Waals surface area contributed by atoms with Crippen LogP contribution in [0.3, 0.4) is 0 Å². The summed E-state index contributed by atoms with van der Waals surface area (Å²) in [5, 5.41) is 2.89. The molecular weight excluding hydrogens is 410 g/mol. The summed E-state index contributed by atoms with van der Waals surface area (Å²) in [7, 11) is 0. The van der Waals surface area contributed by atoms with Crippen LogP contribution in [-0.4, -0.2) is 23.5 Å². The van der Waals surface area contributed by atoms with E-state index >= 15 is 0 Å². The number of rotatable bonds is 6. The van der Waals surface area contributed by atoms with Crippen LogP contribution in [0.15, 0.2) is 54.6 Å². The zero-order chi connectivity index (χ0) is 21.2. The number of halogens is 1. The average molecular weight is 432 g/mol. The first kappa shape index (κ1) is 22.4. The van der Waals surface area contributed by atoms with Gasteiger partial charge in [-0.25, -0.2) is 0 Å². The minimum atomic E-state index is -0.460. The Bertz CT molecular complexity index is 898. The highest BCUT2D eigenvalue weighted by atomic mass is 35.5. The highest BCUT2D eigenvalue weighted by Gasteiger charge is 2.06. The molecule has 0 unspecified atom stereocenters. The molecule has 3 N–H and O–H groups in total. The molecule has 0 saturated carbocycles. The van der Waals surface area contributed by atoms with Crippen LogP contribution in [0.1, 0.15) is 30.9 Å². The van der Waals surface area contributed by atoms with Gasteiger partial charge in [0, 0.05) is 11.1 Å². The lowest BCUT2D eigenvalue weighted by Gasteiger charge is -2.11. The van der Waals surface area contributed by atoms with Crippen LogP contribution in [0.5, 0.6) is 5.75 Å². The van der Waals surface area contributed by atoms with Crippen molar-refractivity contribution in [1.29, 1.82) is 0 Å². The highest BCUT2D eigenvalue weighted by Crippen LogP contribution is 2.18. The maximum atomic E-state index is 11.9. The number of hydrazine groups is 1. The van der Waals surface area contributed by atoms with Crippen molar-refractivity contribution in [2.24, 2.45) is 0 Å². The number of nitrogens with one attached hydrogen (secondary N) is 3. The molecular formula is C21H22ClN3O3S. The number of hydrogen-bond donors (Lipinski definition) is 3. The molecule has 29 heavy (non-hydrogen) atoms. The van der Waals surface area contributed by atoms with Crippen LogP contribution in [0.2, 0.25) is 5.02 Å². The molecule has 0 fully saturated rings.